The normalized spacial score (nSPS) is 13.9. The summed E-state index contributed by atoms with van der Waals surface area (Å²) < 4.78 is 15.5. The highest BCUT2D eigenvalue weighted by Crippen LogP contribution is 2.28. The van der Waals surface area contributed by atoms with E-state index >= 15 is 0 Å². The van der Waals surface area contributed by atoms with Gasteiger partial charge in [-0.25, -0.2) is 9.07 Å². The number of rotatable bonds is 6. The summed E-state index contributed by atoms with van der Waals surface area (Å²) in [7, 11) is 0. The van der Waals surface area contributed by atoms with Crippen LogP contribution in [0.25, 0.3) is 11.3 Å². The molecule has 1 fully saturated rings. The third-order valence-corrected chi connectivity index (χ3v) is 6.28. The molecule has 1 aliphatic rings. The number of benzene rings is 2. The predicted molar refractivity (Wildman–Crippen MR) is 147 cm³/mol. The van der Waals surface area contributed by atoms with Crippen LogP contribution >= 0.6 is 24.8 Å². The van der Waals surface area contributed by atoms with Gasteiger partial charge in [-0.15, -0.1) is 24.8 Å². The van der Waals surface area contributed by atoms with Crippen LogP contribution in [0.2, 0.25) is 0 Å². The van der Waals surface area contributed by atoms with Crippen LogP contribution in [0.4, 0.5) is 10.1 Å². The van der Waals surface area contributed by atoms with Gasteiger partial charge in [0.25, 0.3) is 5.56 Å². The number of nitrogens with zero attached hydrogens (tertiary/aromatic N) is 4. The van der Waals surface area contributed by atoms with Gasteiger partial charge in [-0.2, -0.15) is 5.10 Å². The number of piperazine rings is 1. The van der Waals surface area contributed by atoms with Gasteiger partial charge in [0.05, 0.1) is 5.69 Å². The third-order valence-electron chi connectivity index (χ3n) is 6.28. The lowest BCUT2D eigenvalue weighted by atomic mass is 10.0. The molecule has 0 N–H and O–H groups in total. The van der Waals surface area contributed by atoms with Crippen molar-refractivity contribution < 1.29 is 4.39 Å². The van der Waals surface area contributed by atoms with Gasteiger partial charge in [-0.05, 0) is 49.1 Å². The summed E-state index contributed by atoms with van der Waals surface area (Å²) in [6.07, 6.45) is 0. The number of aryl methyl sites for hydroxylation is 1. The molecule has 0 spiro atoms. The van der Waals surface area contributed by atoms with Gasteiger partial charge < -0.3 is 4.90 Å². The highest BCUT2D eigenvalue weighted by atomic mass is 35.5. The quantitative estimate of drug-likeness (QED) is 0.431. The van der Waals surface area contributed by atoms with Crippen LogP contribution in [-0.2, 0) is 13.1 Å². The molecule has 1 saturated heterocycles. The van der Waals surface area contributed by atoms with Crippen LogP contribution in [0, 0.1) is 25.6 Å². The number of halogens is 3. The van der Waals surface area contributed by atoms with Gasteiger partial charge >= 0.3 is 0 Å². The maximum atomic E-state index is 13.9. The first kappa shape index (κ1) is 28.8. The molecule has 0 bridgehead atoms. The molecule has 2 heterocycles. The largest absolute Gasteiger partial charge is 0.364 e. The molecule has 0 amide bonds. The van der Waals surface area contributed by atoms with Gasteiger partial charge in [-0.3, -0.25) is 9.69 Å². The highest BCUT2D eigenvalue weighted by molar-refractivity contribution is 5.85. The van der Waals surface area contributed by atoms with E-state index in [4.69, 9.17) is 5.10 Å². The molecule has 0 aliphatic carbocycles. The molecule has 1 aliphatic heterocycles. The molecule has 0 unspecified atom stereocenters. The van der Waals surface area contributed by atoms with Gasteiger partial charge in [-0.1, -0.05) is 44.2 Å². The lowest BCUT2D eigenvalue weighted by molar-refractivity contribution is 0.249. The molecule has 4 rings (SSSR count). The SMILES string of the molecule is Cc1cc(-c2nn(CC(C)C)c(=O)c(N3CCN(Cc4ccccc4)CC3)c2C)ccc1F.Cl.Cl. The molecule has 5 nitrogen and oxygen atoms in total. The number of aromatic nitrogens is 2. The van der Waals surface area contributed by atoms with Crippen molar-refractivity contribution in [1.82, 2.24) is 14.7 Å². The second-order valence-electron chi connectivity index (χ2n) is 9.42. The Kier molecular flexibility index (Phi) is 10.3. The van der Waals surface area contributed by atoms with E-state index in [1.165, 1.54) is 11.6 Å². The first-order chi connectivity index (χ1) is 15.8. The summed E-state index contributed by atoms with van der Waals surface area (Å²) in [4.78, 5) is 18.1. The Balaban J connectivity index is 0.00000216. The van der Waals surface area contributed by atoms with Crippen LogP contribution in [0.1, 0.15) is 30.5 Å². The average molecular weight is 522 g/mol. The average Bonchev–Trinajstić information content (AvgIpc) is 2.79. The number of hydrogen-bond acceptors (Lipinski definition) is 4. The van der Waals surface area contributed by atoms with E-state index in [9.17, 15) is 9.18 Å². The Hall–Kier alpha value is -2.41. The lowest BCUT2D eigenvalue weighted by Gasteiger charge is -2.36. The fourth-order valence-corrected chi connectivity index (χ4v) is 4.52. The standard InChI is InChI=1S/C27H33FN4O.2ClH/c1-19(2)17-32-27(33)26(21(4)25(29-32)23-10-11-24(28)20(3)16-23)31-14-12-30(13-15-31)18-22-8-6-5-7-9-22;;/h5-11,16,19H,12-15,17-18H2,1-4H3;2*1H. The summed E-state index contributed by atoms with van der Waals surface area (Å²) in [5.74, 6) is 0.0537. The monoisotopic (exact) mass is 520 g/mol. The van der Waals surface area contributed by atoms with Crippen molar-refractivity contribution in [2.45, 2.75) is 40.8 Å². The van der Waals surface area contributed by atoms with E-state index in [-0.39, 0.29) is 42.1 Å². The van der Waals surface area contributed by atoms with Crippen molar-refractivity contribution in [2.24, 2.45) is 5.92 Å². The molecule has 190 valence electrons. The van der Waals surface area contributed by atoms with E-state index in [1.54, 1.807) is 17.7 Å². The second-order valence-corrected chi connectivity index (χ2v) is 9.42. The maximum absolute atomic E-state index is 13.9. The Morgan fingerprint density at radius 2 is 1.63 bits per heavy atom. The van der Waals surface area contributed by atoms with Crippen molar-refractivity contribution in [3.05, 3.63) is 81.4 Å². The van der Waals surface area contributed by atoms with Gasteiger partial charge in [0, 0.05) is 50.4 Å². The van der Waals surface area contributed by atoms with Crippen molar-refractivity contribution in [3.8, 4) is 11.3 Å². The second kappa shape index (κ2) is 12.5. The molecule has 3 aromatic rings. The minimum absolute atomic E-state index is 0. The summed E-state index contributed by atoms with van der Waals surface area (Å²) >= 11 is 0. The molecule has 8 heteroatoms. The first-order valence-electron chi connectivity index (χ1n) is 11.7. The van der Waals surface area contributed by atoms with Crippen LogP contribution in [0.15, 0.2) is 53.3 Å². The zero-order chi connectivity index (χ0) is 23.5. The van der Waals surface area contributed by atoms with Crippen LogP contribution in [0.3, 0.4) is 0 Å². The van der Waals surface area contributed by atoms with Gasteiger partial charge in [0.1, 0.15) is 11.5 Å². The fourth-order valence-electron chi connectivity index (χ4n) is 4.52. The van der Waals surface area contributed by atoms with Crippen molar-refractivity contribution >= 4 is 30.5 Å². The zero-order valence-corrected chi connectivity index (χ0v) is 22.5. The smallest absolute Gasteiger partial charge is 0.290 e. The molecule has 0 radical (unpaired) electrons. The topological polar surface area (TPSA) is 41.4 Å². The van der Waals surface area contributed by atoms with Crippen LogP contribution in [-0.4, -0.2) is 40.9 Å². The molecule has 2 aromatic carbocycles. The molecule has 35 heavy (non-hydrogen) atoms. The maximum Gasteiger partial charge on any atom is 0.290 e. The van der Waals surface area contributed by atoms with Crippen molar-refractivity contribution in [1.29, 1.82) is 0 Å². The number of anilines is 1. The van der Waals surface area contributed by atoms with E-state index in [1.807, 2.05) is 19.1 Å². The molecule has 0 atom stereocenters. The Labute approximate surface area is 219 Å². The summed E-state index contributed by atoms with van der Waals surface area (Å²) in [6.45, 7) is 12.7. The van der Waals surface area contributed by atoms with Crippen molar-refractivity contribution in [2.75, 3.05) is 31.1 Å². The van der Waals surface area contributed by atoms with Gasteiger partial charge in [0.15, 0.2) is 0 Å². The minimum atomic E-state index is -0.235. The lowest BCUT2D eigenvalue weighted by Crippen LogP contribution is -2.48. The number of hydrogen-bond donors (Lipinski definition) is 0. The van der Waals surface area contributed by atoms with E-state index in [0.717, 1.165) is 55.2 Å². The highest BCUT2D eigenvalue weighted by Gasteiger charge is 2.25. The van der Waals surface area contributed by atoms with Gasteiger partial charge in [0.2, 0.25) is 0 Å². The van der Waals surface area contributed by atoms with E-state index in [2.05, 4.69) is 47.9 Å². The Morgan fingerprint density at radius 1 is 0.971 bits per heavy atom. The van der Waals surface area contributed by atoms with Crippen LogP contribution < -0.4 is 10.5 Å². The summed E-state index contributed by atoms with van der Waals surface area (Å²) in [6, 6.07) is 15.5. The molecule has 0 saturated carbocycles. The third kappa shape index (κ3) is 6.63. The summed E-state index contributed by atoms with van der Waals surface area (Å²) in [5, 5.41) is 4.72. The van der Waals surface area contributed by atoms with Crippen molar-refractivity contribution in [3.63, 3.8) is 0 Å². The predicted octanol–water partition coefficient (Wildman–Crippen LogP) is 5.49. The Bertz CT molecular complexity index is 1180. The molecular formula is C27H35Cl2FN4O. The Morgan fingerprint density at radius 3 is 2.23 bits per heavy atom. The zero-order valence-electron chi connectivity index (χ0n) is 20.8. The first-order valence-corrected chi connectivity index (χ1v) is 11.7. The fraction of sp³-hybridized carbons (Fsp3) is 0.407. The van der Waals surface area contributed by atoms with Crippen LogP contribution in [0.5, 0.6) is 0 Å². The molecular weight excluding hydrogens is 486 g/mol. The molecule has 1 aromatic heterocycles. The summed E-state index contributed by atoms with van der Waals surface area (Å²) in [5.41, 5.74) is 5.02. The van der Waals surface area contributed by atoms with E-state index < -0.39 is 0 Å². The van der Waals surface area contributed by atoms with E-state index in [0.29, 0.717) is 12.1 Å². The minimum Gasteiger partial charge on any atom is -0.364 e.